The number of anilines is 4. The quantitative estimate of drug-likeness (QED) is 0.242. The van der Waals surface area contributed by atoms with E-state index in [1.54, 1.807) is 28.5 Å². The molecule has 0 bridgehead atoms. The van der Waals surface area contributed by atoms with Crippen LogP contribution in [0.4, 0.5) is 23.0 Å². The molecule has 200 valence electrons. The van der Waals surface area contributed by atoms with Crippen LogP contribution in [0.2, 0.25) is 0 Å². The Labute approximate surface area is 223 Å². The van der Waals surface area contributed by atoms with Gasteiger partial charge in [0.25, 0.3) is 0 Å². The number of nitrogens with zero attached hydrogens (tertiary/aromatic N) is 6. The maximum Gasteiger partial charge on any atom is 0.335 e. The molecule has 2 heterocycles. The van der Waals surface area contributed by atoms with Crippen LogP contribution >= 0.6 is 0 Å². The van der Waals surface area contributed by atoms with Gasteiger partial charge in [-0.1, -0.05) is 23.8 Å². The number of imidazole rings is 1. The number of allylic oxidation sites excluding steroid dienone is 2. The summed E-state index contributed by atoms with van der Waals surface area (Å²) in [6, 6.07) is 13.1. The van der Waals surface area contributed by atoms with Gasteiger partial charge in [0.1, 0.15) is 11.6 Å². The average Bonchev–Trinajstić information content (AvgIpc) is 3.17. The summed E-state index contributed by atoms with van der Waals surface area (Å²) < 4.78 is 9.00. The summed E-state index contributed by atoms with van der Waals surface area (Å²) in [5.41, 5.74) is 11.1. The van der Waals surface area contributed by atoms with Crippen LogP contribution in [0.25, 0.3) is 16.9 Å². The SMILES string of the molecule is COc1cc(N(C)CCN(C)C)c(N)cc1Nc1nccc(-n2c(=O)n(CC=C(C)C)c3ccccc32)n1. The minimum Gasteiger partial charge on any atom is -0.494 e. The maximum absolute atomic E-state index is 13.5. The van der Waals surface area contributed by atoms with Crippen molar-refractivity contribution < 1.29 is 4.74 Å². The van der Waals surface area contributed by atoms with E-state index < -0.39 is 0 Å². The van der Waals surface area contributed by atoms with E-state index in [1.165, 1.54) is 0 Å². The van der Waals surface area contributed by atoms with Gasteiger partial charge in [-0.2, -0.15) is 4.98 Å². The number of methoxy groups -OCH3 is 1. The minimum absolute atomic E-state index is 0.166. The molecular weight excluding hydrogens is 480 g/mol. The van der Waals surface area contributed by atoms with Crippen molar-refractivity contribution >= 4 is 34.0 Å². The lowest BCUT2D eigenvalue weighted by Gasteiger charge is -2.24. The number of para-hydroxylation sites is 2. The van der Waals surface area contributed by atoms with E-state index in [4.69, 9.17) is 10.5 Å². The van der Waals surface area contributed by atoms with Crippen molar-refractivity contribution in [2.24, 2.45) is 0 Å². The van der Waals surface area contributed by atoms with Crippen LogP contribution in [0.3, 0.4) is 0 Å². The number of hydrogen-bond donors (Lipinski definition) is 2. The maximum atomic E-state index is 13.5. The lowest BCUT2D eigenvalue weighted by atomic mass is 10.2. The van der Waals surface area contributed by atoms with E-state index in [1.807, 2.05) is 77.5 Å². The van der Waals surface area contributed by atoms with Gasteiger partial charge in [0.05, 0.1) is 35.2 Å². The molecule has 4 rings (SSSR count). The molecule has 38 heavy (non-hydrogen) atoms. The first kappa shape index (κ1) is 26.7. The summed E-state index contributed by atoms with van der Waals surface area (Å²) in [5.74, 6) is 1.39. The molecule has 0 saturated heterocycles. The first-order chi connectivity index (χ1) is 18.2. The highest BCUT2D eigenvalue weighted by Crippen LogP contribution is 2.36. The second kappa shape index (κ2) is 11.4. The number of aromatic nitrogens is 4. The number of likely N-dealkylation sites (N-methyl/N-ethyl adjacent to an activating group) is 2. The third-order valence-electron chi connectivity index (χ3n) is 6.28. The summed E-state index contributed by atoms with van der Waals surface area (Å²) in [4.78, 5) is 26.7. The molecular formula is C28H36N8O2. The molecule has 0 aliphatic carbocycles. The number of nitrogen functional groups attached to an aromatic ring is 1. The molecule has 4 aromatic rings. The molecule has 0 amide bonds. The molecule has 2 aromatic heterocycles. The molecule has 0 aliphatic heterocycles. The van der Waals surface area contributed by atoms with Crippen LogP contribution in [0.5, 0.6) is 5.75 Å². The summed E-state index contributed by atoms with van der Waals surface area (Å²) >= 11 is 0. The molecule has 0 saturated carbocycles. The van der Waals surface area contributed by atoms with Gasteiger partial charge in [-0.05, 0) is 46.1 Å². The van der Waals surface area contributed by atoms with Gasteiger partial charge in [0, 0.05) is 45.0 Å². The lowest BCUT2D eigenvalue weighted by Crippen LogP contribution is -2.29. The van der Waals surface area contributed by atoms with E-state index in [-0.39, 0.29) is 5.69 Å². The number of ether oxygens (including phenoxy) is 1. The fraction of sp³-hybridized carbons (Fsp3) is 0.321. The molecule has 10 heteroatoms. The van der Waals surface area contributed by atoms with Crippen LogP contribution < -0.4 is 26.4 Å². The molecule has 0 aliphatic rings. The monoisotopic (exact) mass is 516 g/mol. The van der Waals surface area contributed by atoms with Crippen LogP contribution in [-0.4, -0.2) is 65.3 Å². The molecule has 10 nitrogen and oxygen atoms in total. The topological polar surface area (TPSA) is 106 Å². The van der Waals surface area contributed by atoms with Gasteiger partial charge in [-0.3, -0.25) is 4.57 Å². The number of benzene rings is 2. The Kier molecular flexibility index (Phi) is 8.02. The molecule has 0 atom stereocenters. The standard InChI is InChI=1S/C28H36N8O2/c1-19(2)12-14-35-22-9-7-8-10-23(22)36(28(35)37)26-11-13-30-27(32-26)31-21-17-20(29)24(18-25(21)38-6)34(5)16-15-33(3)4/h7-13,17-18H,14-16,29H2,1-6H3,(H,30,31,32). The zero-order chi connectivity index (χ0) is 27.4. The molecule has 0 radical (unpaired) electrons. The fourth-order valence-corrected chi connectivity index (χ4v) is 4.19. The first-order valence-electron chi connectivity index (χ1n) is 12.5. The Bertz CT molecular complexity index is 1520. The Morgan fingerprint density at radius 2 is 1.84 bits per heavy atom. The zero-order valence-electron chi connectivity index (χ0n) is 22.9. The normalized spacial score (nSPS) is 11.1. The Morgan fingerprint density at radius 3 is 2.53 bits per heavy atom. The summed E-state index contributed by atoms with van der Waals surface area (Å²) in [6.07, 6.45) is 3.65. The second-order valence-electron chi connectivity index (χ2n) is 9.70. The summed E-state index contributed by atoms with van der Waals surface area (Å²) in [6.45, 7) is 6.22. The predicted molar refractivity (Wildman–Crippen MR) is 155 cm³/mol. The number of nitrogens with two attached hydrogens (primary N) is 1. The summed E-state index contributed by atoms with van der Waals surface area (Å²) in [5, 5.41) is 3.22. The number of nitrogens with one attached hydrogen (secondary N) is 1. The van der Waals surface area contributed by atoms with Crippen LogP contribution in [-0.2, 0) is 6.54 Å². The van der Waals surface area contributed by atoms with Gasteiger partial charge < -0.3 is 25.6 Å². The van der Waals surface area contributed by atoms with E-state index in [2.05, 4.69) is 25.1 Å². The smallest absolute Gasteiger partial charge is 0.335 e. The average molecular weight is 517 g/mol. The zero-order valence-corrected chi connectivity index (χ0v) is 22.9. The van der Waals surface area contributed by atoms with Crippen molar-refractivity contribution in [2.45, 2.75) is 20.4 Å². The van der Waals surface area contributed by atoms with Crippen molar-refractivity contribution in [3.63, 3.8) is 0 Å². The van der Waals surface area contributed by atoms with E-state index >= 15 is 0 Å². The number of fused-ring (bicyclic) bond motifs is 1. The van der Waals surface area contributed by atoms with Crippen molar-refractivity contribution in [1.29, 1.82) is 0 Å². The highest BCUT2D eigenvalue weighted by Gasteiger charge is 2.17. The first-order valence-corrected chi connectivity index (χ1v) is 12.5. The Hall–Kier alpha value is -4.31. The van der Waals surface area contributed by atoms with E-state index in [9.17, 15) is 4.79 Å². The number of rotatable bonds is 10. The minimum atomic E-state index is -0.166. The molecule has 3 N–H and O–H groups in total. The largest absolute Gasteiger partial charge is 0.494 e. The van der Waals surface area contributed by atoms with Crippen molar-refractivity contribution in [3.05, 3.63) is 70.8 Å². The van der Waals surface area contributed by atoms with Gasteiger partial charge in [-0.15, -0.1) is 0 Å². The van der Waals surface area contributed by atoms with Crippen molar-refractivity contribution in [1.82, 2.24) is 24.0 Å². The van der Waals surface area contributed by atoms with Gasteiger partial charge in [0.15, 0.2) is 0 Å². The Balaban J connectivity index is 1.69. The highest BCUT2D eigenvalue weighted by molar-refractivity contribution is 5.80. The third kappa shape index (κ3) is 5.65. The molecule has 0 fully saturated rings. The van der Waals surface area contributed by atoms with Crippen LogP contribution in [0, 0.1) is 0 Å². The highest BCUT2D eigenvalue weighted by atomic mass is 16.5. The lowest BCUT2D eigenvalue weighted by molar-refractivity contribution is 0.413. The van der Waals surface area contributed by atoms with Gasteiger partial charge >= 0.3 is 5.69 Å². The molecule has 0 spiro atoms. The van der Waals surface area contributed by atoms with E-state index in [0.717, 1.165) is 35.4 Å². The second-order valence-corrected chi connectivity index (χ2v) is 9.70. The molecule has 2 aromatic carbocycles. The van der Waals surface area contributed by atoms with E-state index in [0.29, 0.717) is 35.4 Å². The Morgan fingerprint density at radius 1 is 1.11 bits per heavy atom. The summed E-state index contributed by atoms with van der Waals surface area (Å²) in [7, 11) is 7.68. The van der Waals surface area contributed by atoms with Gasteiger partial charge in [-0.25, -0.2) is 14.3 Å². The van der Waals surface area contributed by atoms with Crippen LogP contribution in [0.1, 0.15) is 13.8 Å². The van der Waals surface area contributed by atoms with Crippen LogP contribution in [0.15, 0.2) is 65.1 Å². The third-order valence-corrected chi connectivity index (χ3v) is 6.28. The van der Waals surface area contributed by atoms with Crippen molar-refractivity contribution in [3.8, 4) is 11.6 Å². The van der Waals surface area contributed by atoms with Crippen molar-refractivity contribution in [2.75, 3.05) is 57.3 Å². The fourth-order valence-electron chi connectivity index (χ4n) is 4.19. The van der Waals surface area contributed by atoms with Gasteiger partial charge in [0.2, 0.25) is 5.95 Å². The number of hydrogen-bond acceptors (Lipinski definition) is 8. The predicted octanol–water partition coefficient (Wildman–Crippen LogP) is 3.88. The molecule has 0 unspecified atom stereocenters.